The van der Waals surface area contributed by atoms with Gasteiger partial charge in [-0.15, -0.1) is 11.3 Å². The second-order valence-corrected chi connectivity index (χ2v) is 7.17. The molecule has 0 aliphatic heterocycles. The van der Waals surface area contributed by atoms with Crippen molar-refractivity contribution >= 4 is 23.2 Å². The molecule has 1 aromatic carbocycles. The Kier molecular flexibility index (Phi) is 5.62. The molecule has 1 aromatic heterocycles. The van der Waals surface area contributed by atoms with E-state index in [-0.39, 0.29) is 5.91 Å². The van der Waals surface area contributed by atoms with Crippen LogP contribution in [-0.4, -0.2) is 35.5 Å². The van der Waals surface area contributed by atoms with Gasteiger partial charge in [-0.1, -0.05) is 0 Å². The summed E-state index contributed by atoms with van der Waals surface area (Å²) in [5.41, 5.74) is 2.07. The third kappa shape index (κ3) is 4.35. The average molecular weight is 347 g/mol. The maximum atomic E-state index is 12.6. The summed E-state index contributed by atoms with van der Waals surface area (Å²) in [5, 5.41) is 8.73. The van der Waals surface area contributed by atoms with E-state index in [1.54, 1.807) is 35.4 Å². The molecule has 2 aromatic rings. The number of nitrogens with zero attached hydrogens (tertiary/aromatic N) is 1. The fourth-order valence-corrected chi connectivity index (χ4v) is 3.48. The molecular formula is C18H21NO4S. The Bertz CT molecular complexity index is 743. The summed E-state index contributed by atoms with van der Waals surface area (Å²) in [6.07, 6.45) is 0. The number of carbonyl (C=O) groups excluding carboxylic acids is 1. The minimum Gasteiger partial charge on any atom is -0.481 e. The van der Waals surface area contributed by atoms with Crippen LogP contribution in [0.2, 0.25) is 0 Å². The number of aliphatic carboxylic acids is 1. The zero-order valence-electron chi connectivity index (χ0n) is 14.3. The molecule has 5 nitrogen and oxygen atoms in total. The number of rotatable bonds is 6. The Labute approximate surface area is 145 Å². The van der Waals surface area contributed by atoms with Crippen molar-refractivity contribution in [1.82, 2.24) is 4.90 Å². The molecule has 1 heterocycles. The minimum atomic E-state index is -1.03. The monoisotopic (exact) mass is 347 g/mol. The second kappa shape index (κ2) is 7.49. The molecule has 0 saturated carbocycles. The van der Waals surface area contributed by atoms with Crippen LogP contribution in [0.3, 0.4) is 0 Å². The van der Waals surface area contributed by atoms with Crippen molar-refractivity contribution in [2.75, 3.05) is 13.7 Å². The zero-order valence-corrected chi connectivity index (χ0v) is 15.1. The SMILES string of the molecule is Cc1ccc(CN(C)C(=O)c2cc(C)c(OCC(=O)O)c(C)c2)s1. The second-order valence-electron chi connectivity index (χ2n) is 5.80. The maximum Gasteiger partial charge on any atom is 0.341 e. The lowest BCUT2D eigenvalue weighted by molar-refractivity contribution is -0.139. The molecule has 6 heteroatoms. The molecule has 0 aliphatic rings. The van der Waals surface area contributed by atoms with E-state index in [0.29, 0.717) is 17.9 Å². The number of carboxylic acids is 1. The van der Waals surface area contributed by atoms with Crippen molar-refractivity contribution in [2.24, 2.45) is 0 Å². The Morgan fingerprint density at radius 1 is 1.17 bits per heavy atom. The van der Waals surface area contributed by atoms with Crippen molar-refractivity contribution in [3.05, 3.63) is 50.7 Å². The third-order valence-corrected chi connectivity index (χ3v) is 4.57. The number of aryl methyl sites for hydroxylation is 3. The van der Waals surface area contributed by atoms with Crippen LogP contribution in [0.5, 0.6) is 5.75 Å². The van der Waals surface area contributed by atoms with Gasteiger partial charge in [-0.3, -0.25) is 4.79 Å². The Morgan fingerprint density at radius 2 is 1.79 bits per heavy atom. The van der Waals surface area contributed by atoms with E-state index in [0.717, 1.165) is 16.0 Å². The van der Waals surface area contributed by atoms with Gasteiger partial charge < -0.3 is 14.7 Å². The number of carbonyl (C=O) groups is 2. The number of thiophene rings is 1. The first kappa shape index (κ1) is 18.0. The first-order valence-corrected chi connectivity index (χ1v) is 8.36. The molecule has 24 heavy (non-hydrogen) atoms. The van der Waals surface area contributed by atoms with Crippen LogP contribution >= 0.6 is 11.3 Å². The van der Waals surface area contributed by atoms with Crippen LogP contribution in [0.15, 0.2) is 24.3 Å². The fourth-order valence-electron chi connectivity index (χ4n) is 2.53. The van der Waals surface area contributed by atoms with Gasteiger partial charge in [0.25, 0.3) is 5.91 Å². The molecule has 0 unspecified atom stereocenters. The van der Waals surface area contributed by atoms with E-state index >= 15 is 0 Å². The van der Waals surface area contributed by atoms with E-state index in [4.69, 9.17) is 9.84 Å². The van der Waals surface area contributed by atoms with Crippen LogP contribution in [0.1, 0.15) is 31.2 Å². The summed E-state index contributed by atoms with van der Waals surface area (Å²) in [7, 11) is 1.77. The molecule has 0 fully saturated rings. The predicted octanol–water partition coefficient (Wildman–Crippen LogP) is 3.41. The van der Waals surface area contributed by atoms with Crippen molar-refractivity contribution in [1.29, 1.82) is 0 Å². The van der Waals surface area contributed by atoms with Crippen LogP contribution in [-0.2, 0) is 11.3 Å². The quantitative estimate of drug-likeness (QED) is 0.869. The molecule has 0 atom stereocenters. The Morgan fingerprint density at radius 3 is 2.29 bits per heavy atom. The van der Waals surface area contributed by atoms with Gasteiger partial charge in [-0.25, -0.2) is 4.79 Å². The highest BCUT2D eigenvalue weighted by atomic mass is 32.1. The normalized spacial score (nSPS) is 10.5. The first-order valence-electron chi connectivity index (χ1n) is 7.54. The fraction of sp³-hybridized carbons (Fsp3) is 0.333. The summed E-state index contributed by atoms with van der Waals surface area (Å²) in [6, 6.07) is 7.55. The first-order chi connectivity index (χ1) is 11.3. The lowest BCUT2D eigenvalue weighted by Gasteiger charge is -2.18. The van der Waals surface area contributed by atoms with Crippen LogP contribution in [0.4, 0.5) is 0 Å². The van der Waals surface area contributed by atoms with Gasteiger partial charge in [0, 0.05) is 22.4 Å². The number of carboxylic acid groups (broad SMARTS) is 1. The predicted molar refractivity (Wildman–Crippen MR) is 93.9 cm³/mol. The smallest absolute Gasteiger partial charge is 0.341 e. The van der Waals surface area contributed by atoms with Crippen molar-refractivity contribution in [3.8, 4) is 5.75 Å². The van der Waals surface area contributed by atoms with Gasteiger partial charge in [0.1, 0.15) is 5.75 Å². The maximum absolute atomic E-state index is 12.6. The topological polar surface area (TPSA) is 66.8 Å². The van der Waals surface area contributed by atoms with Crippen molar-refractivity contribution in [2.45, 2.75) is 27.3 Å². The van der Waals surface area contributed by atoms with Crippen molar-refractivity contribution < 1.29 is 19.4 Å². The highest BCUT2D eigenvalue weighted by molar-refractivity contribution is 7.11. The summed E-state index contributed by atoms with van der Waals surface area (Å²) in [4.78, 5) is 27.3. The molecule has 0 radical (unpaired) electrons. The summed E-state index contributed by atoms with van der Waals surface area (Å²) >= 11 is 1.68. The minimum absolute atomic E-state index is 0.0722. The van der Waals surface area contributed by atoms with Crippen LogP contribution < -0.4 is 4.74 Å². The Balaban J connectivity index is 2.15. The third-order valence-electron chi connectivity index (χ3n) is 3.58. The van der Waals surface area contributed by atoms with E-state index < -0.39 is 12.6 Å². The van der Waals surface area contributed by atoms with Gasteiger partial charge in [0.15, 0.2) is 6.61 Å². The average Bonchev–Trinajstić information content (AvgIpc) is 2.90. The van der Waals surface area contributed by atoms with Gasteiger partial charge in [0.2, 0.25) is 0 Å². The van der Waals surface area contributed by atoms with Gasteiger partial charge >= 0.3 is 5.97 Å². The molecule has 0 saturated heterocycles. The lowest BCUT2D eigenvalue weighted by atomic mass is 10.0. The van der Waals surface area contributed by atoms with Gasteiger partial charge in [-0.2, -0.15) is 0 Å². The van der Waals surface area contributed by atoms with Gasteiger partial charge in [0.05, 0.1) is 6.54 Å². The highest BCUT2D eigenvalue weighted by Gasteiger charge is 2.16. The molecule has 2 rings (SSSR count). The number of hydrogen-bond acceptors (Lipinski definition) is 4. The lowest BCUT2D eigenvalue weighted by Crippen LogP contribution is -2.26. The zero-order chi connectivity index (χ0) is 17.9. The van der Waals surface area contributed by atoms with Crippen LogP contribution in [0.25, 0.3) is 0 Å². The molecule has 1 amide bonds. The summed E-state index contributed by atoms with van der Waals surface area (Å²) in [6.45, 7) is 5.82. The Hall–Kier alpha value is -2.34. The van der Waals surface area contributed by atoms with Crippen LogP contribution in [0, 0.1) is 20.8 Å². The molecule has 0 bridgehead atoms. The molecular weight excluding hydrogens is 326 g/mol. The molecule has 128 valence electrons. The largest absolute Gasteiger partial charge is 0.481 e. The van der Waals surface area contributed by atoms with Crippen molar-refractivity contribution in [3.63, 3.8) is 0 Å². The summed E-state index contributed by atoms with van der Waals surface area (Å²) in [5.74, 6) is -0.581. The molecule has 0 spiro atoms. The standard InChI is InChI=1S/C18H21NO4S/c1-11-7-14(8-12(2)17(11)23-10-16(20)21)18(22)19(4)9-15-6-5-13(3)24-15/h5-8H,9-10H2,1-4H3,(H,20,21). The van der Waals surface area contributed by atoms with E-state index in [9.17, 15) is 9.59 Å². The van der Waals surface area contributed by atoms with E-state index in [1.807, 2.05) is 32.9 Å². The summed E-state index contributed by atoms with van der Waals surface area (Å²) < 4.78 is 5.30. The van der Waals surface area contributed by atoms with Gasteiger partial charge in [-0.05, 0) is 56.2 Å². The van der Waals surface area contributed by atoms with E-state index in [2.05, 4.69) is 0 Å². The molecule has 1 N–H and O–H groups in total. The number of ether oxygens (including phenoxy) is 1. The van der Waals surface area contributed by atoms with E-state index in [1.165, 1.54) is 4.88 Å². The number of benzene rings is 1. The highest BCUT2D eigenvalue weighted by Crippen LogP contribution is 2.26. The number of amides is 1. The molecule has 0 aliphatic carbocycles. The number of hydrogen-bond donors (Lipinski definition) is 1.